The number of carboxylic acid groups (broad SMARTS) is 1. The molecule has 1 aliphatic rings. The number of hydrogen-bond donors (Lipinski definition) is 2. The van der Waals surface area contributed by atoms with Gasteiger partial charge in [0, 0.05) is 24.3 Å². The van der Waals surface area contributed by atoms with E-state index < -0.39 is 12.0 Å². The highest BCUT2D eigenvalue weighted by atomic mass is 16.6. The molecule has 0 spiro atoms. The van der Waals surface area contributed by atoms with Gasteiger partial charge in [0.1, 0.15) is 19.3 Å². The molecule has 8 heteroatoms. The molecule has 1 unspecified atom stereocenters. The molecular formula is C27H26N4O4. The van der Waals surface area contributed by atoms with Crippen molar-refractivity contribution in [1.29, 1.82) is 0 Å². The van der Waals surface area contributed by atoms with Gasteiger partial charge < -0.3 is 19.9 Å². The summed E-state index contributed by atoms with van der Waals surface area (Å²) in [5, 5.41) is 18.2. The lowest BCUT2D eigenvalue weighted by molar-refractivity contribution is -0.137. The third-order valence-corrected chi connectivity index (χ3v) is 6.12. The quantitative estimate of drug-likeness (QED) is 0.387. The summed E-state index contributed by atoms with van der Waals surface area (Å²) >= 11 is 0. The summed E-state index contributed by atoms with van der Waals surface area (Å²) in [5.74, 6) is 1.32. The van der Waals surface area contributed by atoms with Crippen molar-refractivity contribution in [3.63, 3.8) is 0 Å². The van der Waals surface area contributed by atoms with Gasteiger partial charge in [-0.2, -0.15) is 5.10 Å². The predicted molar refractivity (Wildman–Crippen MR) is 136 cm³/mol. The van der Waals surface area contributed by atoms with Crippen molar-refractivity contribution in [2.75, 3.05) is 18.5 Å². The summed E-state index contributed by atoms with van der Waals surface area (Å²) in [7, 11) is 1.88. The van der Waals surface area contributed by atoms with Crippen LogP contribution in [0.3, 0.4) is 0 Å². The van der Waals surface area contributed by atoms with Crippen LogP contribution in [0.1, 0.15) is 18.1 Å². The Kier molecular flexibility index (Phi) is 5.86. The number of carbonyl (C=O) groups is 1. The third kappa shape index (κ3) is 4.42. The highest BCUT2D eigenvalue weighted by Crippen LogP contribution is 2.37. The van der Waals surface area contributed by atoms with Gasteiger partial charge in [-0.25, -0.2) is 4.79 Å². The van der Waals surface area contributed by atoms with Gasteiger partial charge in [0.25, 0.3) is 0 Å². The van der Waals surface area contributed by atoms with Crippen LogP contribution < -0.4 is 14.8 Å². The van der Waals surface area contributed by atoms with Gasteiger partial charge in [0.05, 0.1) is 5.52 Å². The van der Waals surface area contributed by atoms with Crippen LogP contribution in [0.5, 0.6) is 11.5 Å². The predicted octanol–water partition coefficient (Wildman–Crippen LogP) is 4.96. The number of anilines is 2. The van der Waals surface area contributed by atoms with Crippen molar-refractivity contribution in [3.8, 4) is 22.6 Å². The zero-order chi connectivity index (χ0) is 24.5. The number of hydrogen-bond acceptors (Lipinski definition) is 6. The van der Waals surface area contributed by atoms with Crippen LogP contribution in [0.2, 0.25) is 0 Å². The second kappa shape index (κ2) is 9.13. The van der Waals surface area contributed by atoms with E-state index in [1.54, 1.807) is 17.8 Å². The number of nitrogens with zero attached hydrogens (tertiary/aromatic N) is 3. The van der Waals surface area contributed by atoms with E-state index in [-0.39, 0.29) is 0 Å². The second-order valence-corrected chi connectivity index (χ2v) is 8.50. The number of aryl methyl sites for hydroxylation is 1. The van der Waals surface area contributed by atoms with Crippen molar-refractivity contribution < 1.29 is 19.4 Å². The van der Waals surface area contributed by atoms with Crippen molar-refractivity contribution in [2.45, 2.75) is 19.9 Å². The molecule has 2 heterocycles. The van der Waals surface area contributed by atoms with E-state index >= 15 is 0 Å². The first-order chi connectivity index (χ1) is 16.9. The molecule has 1 aliphatic heterocycles. The monoisotopic (exact) mass is 470 g/mol. The fourth-order valence-electron chi connectivity index (χ4n) is 4.13. The number of aliphatic imine (C=N–C) groups is 1. The minimum Gasteiger partial charge on any atom is -0.486 e. The molecule has 0 amide bonds. The molecule has 8 nitrogen and oxygen atoms in total. The molecule has 0 aliphatic carbocycles. The standard InChI is InChI=1S/C27H26N4O4/c1-16-20(19-8-10-24-25(14-19)35-12-11-34-24)5-4-6-22(16)29-26-21-9-7-18(13-23(21)31(3)30-26)15-28-17(2)27(32)33/h4-10,13-15,17H,11-12H2,1-3H3,(H,29,30)(H,32,33). The first-order valence-electron chi connectivity index (χ1n) is 11.4. The molecule has 1 aromatic heterocycles. The Bertz CT molecular complexity index is 1460. The lowest BCUT2D eigenvalue weighted by Crippen LogP contribution is -2.15. The Labute approximate surface area is 202 Å². The van der Waals surface area contributed by atoms with Crippen LogP contribution >= 0.6 is 0 Å². The molecule has 3 aromatic carbocycles. The number of rotatable bonds is 6. The number of fused-ring (bicyclic) bond motifs is 2. The molecule has 0 bridgehead atoms. The maximum atomic E-state index is 11.0. The molecular weight excluding hydrogens is 444 g/mol. The van der Waals surface area contributed by atoms with Gasteiger partial charge in [-0.15, -0.1) is 0 Å². The van der Waals surface area contributed by atoms with Crippen LogP contribution in [0.25, 0.3) is 22.0 Å². The first kappa shape index (κ1) is 22.5. The number of aliphatic carboxylic acids is 1. The summed E-state index contributed by atoms with van der Waals surface area (Å²) in [6.07, 6.45) is 1.58. The highest BCUT2D eigenvalue weighted by Gasteiger charge is 2.16. The topological polar surface area (TPSA) is 98.0 Å². The fraction of sp³-hybridized carbons (Fsp3) is 0.222. The Hall–Kier alpha value is -4.33. The molecule has 0 fully saturated rings. The smallest absolute Gasteiger partial charge is 0.328 e. The Balaban J connectivity index is 1.45. The van der Waals surface area contributed by atoms with E-state index in [9.17, 15) is 4.79 Å². The maximum absolute atomic E-state index is 11.0. The number of aromatic nitrogens is 2. The van der Waals surface area contributed by atoms with Gasteiger partial charge in [-0.1, -0.05) is 24.3 Å². The van der Waals surface area contributed by atoms with Crippen molar-refractivity contribution in [1.82, 2.24) is 9.78 Å². The largest absolute Gasteiger partial charge is 0.486 e. The van der Waals surface area contributed by atoms with E-state index in [1.807, 2.05) is 55.6 Å². The summed E-state index contributed by atoms with van der Waals surface area (Å²) < 4.78 is 13.2. The van der Waals surface area contributed by atoms with Crippen LogP contribution in [0.4, 0.5) is 11.5 Å². The molecule has 178 valence electrons. The van der Waals surface area contributed by atoms with E-state index in [2.05, 4.69) is 28.4 Å². The van der Waals surface area contributed by atoms with Crippen molar-refractivity contribution in [3.05, 3.63) is 65.7 Å². The lowest BCUT2D eigenvalue weighted by atomic mass is 9.98. The van der Waals surface area contributed by atoms with Crippen molar-refractivity contribution >= 4 is 34.6 Å². The molecule has 0 radical (unpaired) electrons. The number of nitrogens with one attached hydrogen (secondary N) is 1. The average Bonchev–Trinajstić information content (AvgIpc) is 3.17. The highest BCUT2D eigenvalue weighted by molar-refractivity contribution is 5.96. The number of ether oxygens (including phenoxy) is 2. The van der Waals surface area contributed by atoms with Crippen LogP contribution in [0, 0.1) is 6.92 Å². The van der Waals surface area contributed by atoms with Gasteiger partial charge in [-0.05, 0) is 66.4 Å². The van der Waals surface area contributed by atoms with Crippen LogP contribution in [0.15, 0.2) is 59.6 Å². The van der Waals surface area contributed by atoms with Crippen molar-refractivity contribution in [2.24, 2.45) is 12.0 Å². The zero-order valence-electron chi connectivity index (χ0n) is 19.8. The molecule has 35 heavy (non-hydrogen) atoms. The van der Waals surface area contributed by atoms with E-state index in [0.717, 1.165) is 56.2 Å². The first-order valence-corrected chi connectivity index (χ1v) is 11.4. The maximum Gasteiger partial charge on any atom is 0.328 e. The average molecular weight is 471 g/mol. The zero-order valence-corrected chi connectivity index (χ0v) is 19.8. The molecule has 2 N–H and O–H groups in total. The molecule has 4 aromatic rings. The van der Waals surface area contributed by atoms with E-state index in [0.29, 0.717) is 13.2 Å². The number of benzene rings is 3. The molecule has 0 saturated carbocycles. The summed E-state index contributed by atoms with van der Waals surface area (Å²) in [6.45, 7) is 4.75. The summed E-state index contributed by atoms with van der Waals surface area (Å²) in [4.78, 5) is 15.1. The van der Waals surface area contributed by atoms with Gasteiger partial charge in [-0.3, -0.25) is 9.67 Å². The fourth-order valence-corrected chi connectivity index (χ4v) is 4.13. The lowest BCUT2D eigenvalue weighted by Gasteiger charge is -2.19. The minimum atomic E-state index is -0.955. The number of carboxylic acids is 1. The van der Waals surface area contributed by atoms with Crippen LogP contribution in [-0.2, 0) is 11.8 Å². The Morgan fingerprint density at radius 2 is 1.94 bits per heavy atom. The summed E-state index contributed by atoms with van der Waals surface area (Å²) in [6, 6.07) is 17.2. The van der Waals surface area contributed by atoms with E-state index in [4.69, 9.17) is 14.6 Å². The second-order valence-electron chi connectivity index (χ2n) is 8.50. The SMILES string of the molecule is Cc1c(Nc2nn(C)c3cc(C=NC(C)C(=O)O)ccc23)cccc1-c1ccc2c(c1)OCCO2. The normalized spacial score (nSPS) is 13.8. The van der Waals surface area contributed by atoms with Gasteiger partial charge >= 0.3 is 5.97 Å². The van der Waals surface area contributed by atoms with Gasteiger partial charge in [0.2, 0.25) is 0 Å². The van der Waals surface area contributed by atoms with Gasteiger partial charge in [0.15, 0.2) is 17.3 Å². The minimum absolute atomic E-state index is 0.552. The molecule has 5 rings (SSSR count). The Morgan fingerprint density at radius 3 is 2.74 bits per heavy atom. The van der Waals surface area contributed by atoms with E-state index in [1.165, 1.54) is 0 Å². The molecule has 0 saturated heterocycles. The third-order valence-electron chi connectivity index (χ3n) is 6.12. The Morgan fingerprint density at radius 1 is 1.14 bits per heavy atom. The molecule has 1 atom stereocenters. The summed E-state index contributed by atoms with van der Waals surface area (Å²) in [5.41, 5.74) is 5.93. The van der Waals surface area contributed by atoms with Crippen LogP contribution in [-0.4, -0.2) is 46.3 Å².